The minimum absolute atomic E-state index is 0.295. The summed E-state index contributed by atoms with van der Waals surface area (Å²) in [7, 11) is 0. The Morgan fingerprint density at radius 2 is 1.13 bits per heavy atom. The molecule has 0 spiro atoms. The normalized spacial score (nSPS) is 21.6. The highest BCUT2D eigenvalue weighted by Gasteiger charge is 2.47. The van der Waals surface area contributed by atoms with Crippen LogP contribution in [0, 0.1) is 0 Å². The molecule has 5 aromatic rings. The van der Waals surface area contributed by atoms with Gasteiger partial charge in [-0.1, -0.05) is 88.2 Å². The third-order valence-electron chi connectivity index (χ3n) is 9.36. The summed E-state index contributed by atoms with van der Waals surface area (Å²) in [5, 5.41) is 2.49. The van der Waals surface area contributed by atoms with Gasteiger partial charge in [0.15, 0.2) is 0 Å². The van der Waals surface area contributed by atoms with Crippen molar-refractivity contribution in [1.82, 2.24) is 0 Å². The maximum Gasteiger partial charge on any atom is 0.0546 e. The lowest BCUT2D eigenvalue weighted by Crippen LogP contribution is -2.44. The predicted molar refractivity (Wildman–Crippen MR) is 173 cm³/mol. The molecule has 2 bridgehead atoms. The molecule has 3 aliphatic carbocycles. The Morgan fingerprint density at radius 1 is 0.564 bits per heavy atom. The van der Waals surface area contributed by atoms with Crippen molar-refractivity contribution in [3.05, 3.63) is 123 Å². The SMILES string of the molecule is CC12CCC(C)(CC1)c1cc(-c3cc(N(c4ccc(Br)cc4)c4ccc(Br)cc4)c4ccccc4c3)ccc12. The second-order valence-corrected chi connectivity index (χ2v) is 13.7. The molecule has 3 aliphatic rings. The van der Waals surface area contributed by atoms with Gasteiger partial charge in [-0.2, -0.15) is 0 Å². The molecule has 1 saturated carbocycles. The molecular formula is C36H31Br2N. The molecule has 0 saturated heterocycles. The Morgan fingerprint density at radius 3 is 1.74 bits per heavy atom. The van der Waals surface area contributed by atoms with Gasteiger partial charge in [0, 0.05) is 25.7 Å². The molecule has 0 N–H and O–H groups in total. The molecule has 1 fully saturated rings. The fraction of sp³-hybridized carbons (Fsp3) is 0.222. The van der Waals surface area contributed by atoms with Crippen LogP contribution in [0.5, 0.6) is 0 Å². The summed E-state index contributed by atoms with van der Waals surface area (Å²) in [5.41, 5.74) is 9.81. The van der Waals surface area contributed by atoms with Crippen LogP contribution < -0.4 is 4.90 Å². The van der Waals surface area contributed by atoms with Gasteiger partial charge in [-0.3, -0.25) is 0 Å². The second-order valence-electron chi connectivity index (χ2n) is 11.9. The summed E-state index contributed by atoms with van der Waals surface area (Å²) < 4.78 is 2.15. The first-order chi connectivity index (χ1) is 18.8. The van der Waals surface area contributed by atoms with Crippen LogP contribution >= 0.6 is 31.9 Å². The molecule has 3 heteroatoms. The van der Waals surface area contributed by atoms with Gasteiger partial charge in [0.1, 0.15) is 0 Å². The highest BCUT2D eigenvalue weighted by molar-refractivity contribution is 9.10. The summed E-state index contributed by atoms with van der Waals surface area (Å²) in [5.74, 6) is 0. The van der Waals surface area contributed by atoms with Crippen LogP contribution in [0.2, 0.25) is 0 Å². The van der Waals surface area contributed by atoms with E-state index in [4.69, 9.17) is 0 Å². The van der Waals surface area contributed by atoms with Crippen molar-refractivity contribution in [2.75, 3.05) is 4.90 Å². The smallest absolute Gasteiger partial charge is 0.0546 e. The molecule has 0 heterocycles. The molecule has 0 amide bonds. The van der Waals surface area contributed by atoms with Crippen molar-refractivity contribution < 1.29 is 0 Å². The quantitative estimate of drug-likeness (QED) is 0.190. The largest absolute Gasteiger partial charge is 0.310 e. The molecule has 0 unspecified atom stereocenters. The minimum atomic E-state index is 0.295. The molecule has 39 heavy (non-hydrogen) atoms. The molecular weight excluding hydrogens is 606 g/mol. The lowest BCUT2D eigenvalue weighted by molar-refractivity contribution is 0.188. The van der Waals surface area contributed by atoms with E-state index >= 15 is 0 Å². The van der Waals surface area contributed by atoms with Crippen LogP contribution in [-0.4, -0.2) is 0 Å². The zero-order valence-electron chi connectivity index (χ0n) is 22.3. The Kier molecular flexibility index (Phi) is 6.02. The third kappa shape index (κ3) is 4.26. The van der Waals surface area contributed by atoms with Crippen LogP contribution in [0.25, 0.3) is 21.9 Å². The van der Waals surface area contributed by atoms with Gasteiger partial charge in [-0.25, -0.2) is 0 Å². The minimum Gasteiger partial charge on any atom is -0.310 e. The summed E-state index contributed by atoms with van der Waals surface area (Å²) in [6, 6.07) is 38.1. The zero-order valence-corrected chi connectivity index (χ0v) is 25.5. The van der Waals surface area contributed by atoms with Gasteiger partial charge in [-0.05, 0) is 125 Å². The topological polar surface area (TPSA) is 3.24 Å². The molecule has 8 rings (SSSR count). The lowest BCUT2D eigenvalue weighted by Gasteiger charge is -2.52. The standard InChI is InChI=1S/C36H31Br2N/c1-35-17-19-36(2,20-18-35)33-22-24(7-16-32(33)35)26-21-25-5-3-4-6-31(25)34(23-26)39(29-12-8-27(37)9-13-29)30-14-10-28(38)11-15-30/h3-16,21-23H,17-20H2,1-2H3. The Balaban J connectivity index is 1.45. The summed E-state index contributed by atoms with van der Waals surface area (Å²) in [6.07, 6.45) is 5.21. The van der Waals surface area contributed by atoms with Gasteiger partial charge in [0.25, 0.3) is 0 Å². The van der Waals surface area contributed by atoms with E-state index in [1.165, 1.54) is 53.3 Å². The van der Waals surface area contributed by atoms with Crippen molar-refractivity contribution >= 4 is 59.7 Å². The van der Waals surface area contributed by atoms with Crippen molar-refractivity contribution in [1.29, 1.82) is 0 Å². The van der Waals surface area contributed by atoms with Gasteiger partial charge in [0.2, 0.25) is 0 Å². The zero-order chi connectivity index (χ0) is 26.8. The van der Waals surface area contributed by atoms with E-state index in [0.717, 1.165) is 20.3 Å². The number of hydrogen-bond acceptors (Lipinski definition) is 1. The summed E-state index contributed by atoms with van der Waals surface area (Å²) in [6.45, 7) is 4.97. The number of benzene rings is 5. The van der Waals surface area contributed by atoms with Crippen LogP contribution in [0.1, 0.15) is 50.7 Å². The van der Waals surface area contributed by atoms with Crippen LogP contribution in [0.3, 0.4) is 0 Å². The van der Waals surface area contributed by atoms with Crippen molar-refractivity contribution in [2.45, 2.75) is 50.4 Å². The number of fused-ring (bicyclic) bond motifs is 3. The monoisotopic (exact) mass is 635 g/mol. The molecule has 0 radical (unpaired) electrons. The molecule has 194 valence electrons. The van der Waals surface area contributed by atoms with Crippen molar-refractivity contribution in [2.24, 2.45) is 0 Å². The summed E-state index contributed by atoms with van der Waals surface area (Å²) >= 11 is 7.25. The molecule has 0 aliphatic heterocycles. The maximum atomic E-state index is 3.63. The maximum absolute atomic E-state index is 3.63. The van der Waals surface area contributed by atoms with E-state index in [9.17, 15) is 0 Å². The fourth-order valence-corrected chi connectivity index (χ4v) is 7.42. The average Bonchev–Trinajstić information content (AvgIpc) is 2.96. The van der Waals surface area contributed by atoms with Gasteiger partial charge in [0.05, 0.1) is 5.69 Å². The van der Waals surface area contributed by atoms with Crippen molar-refractivity contribution in [3.8, 4) is 11.1 Å². The first-order valence-corrected chi connectivity index (χ1v) is 15.4. The van der Waals surface area contributed by atoms with Gasteiger partial charge >= 0.3 is 0 Å². The van der Waals surface area contributed by atoms with Crippen molar-refractivity contribution in [3.63, 3.8) is 0 Å². The Hall–Kier alpha value is -2.88. The lowest BCUT2D eigenvalue weighted by atomic mass is 9.52. The van der Waals surface area contributed by atoms with Gasteiger partial charge in [-0.15, -0.1) is 0 Å². The van der Waals surface area contributed by atoms with E-state index in [-0.39, 0.29) is 0 Å². The van der Waals surface area contributed by atoms with Gasteiger partial charge < -0.3 is 4.90 Å². The third-order valence-corrected chi connectivity index (χ3v) is 10.4. The number of halogens is 2. The first kappa shape index (κ1) is 25.1. The molecule has 5 aromatic carbocycles. The highest BCUT2D eigenvalue weighted by Crippen LogP contribution is 2.57. The number of hydrogen-bond donors (Lipinski definition) is 0. The second kappa shape index (κ2) is 9.35. The van der Waals surface area contributed by atoms with E-state index in [0.29, 0.717) is 10.8 Å². The van der Waals surface area contributed by atoms with E-state index in [1.54, 1.807) is 11.1 Å². The van der Waals surface area contributed by atoms with Crippen LogP contribution in [0.4, 0.5) is 17.1 Å². The molecule has 1 nitrogen and oxygen atoms in total. The Bertz CT molecular complexity index is 1650. The first-order valence-electron chi connectivity index (χ1n) is 13.8. The van der Waals surface area contributed by atoms with E-state index < -0.39 is 0 Å². The Labute approximate surface area is 248 Å². The average molecular weight is 637 g/mol. The van der Waals surface area contributed by atoms with Crippen LogP contribution in [0.15, 0.2) is 112 Å². The number of nitrogens with zero attached hydrogens (tertiary/aromatic N) is 1. The predicted octanol–water partition coefficient (Wildman–Crippen LogP) is 11.6. The van der Waals surface area contributed by atoms with E-state index in [2.05, 4.69) is 154 Å². The number of rotatable bonds is 4. The molecule has 0 atom stereocenters. The fourth-order valence-electron chi connectivity index (χ4n) is 6.89. The molecule has 0 aromatic heterocycles. The summed E-state index contributed by atoms with van der Waals surface area (Å²) in [4.78, 5) is 2.38. The van der Waals surface area contributed by atoms with Crippen LogP contribution in [-0.2, 0) is 10.8 Å². The highest BCUT2D eigenvalue weighted by atomic mass is 79.9. The van der Waals surface area contributed by atoms with E-state index in [1.807, 2.05) is 0 Å². The number of anilines is 3.